The van der Waals surface area contributed by atoms with Crippen molar-refractivity contribution in [2.45, 2.75) is 12.0 Å². The Hall–Kier alpha value is -8.21. The number of hydrogen-bond acceptors (Lipinski definition) is 3. The second kappa shape index (κ2) is 12.9. The molecule has 0 amide bonds. The van der Waals surface area contributed by atoms with Gasteiger partial charge in [-0.05, 0) is 97.1 Å². The molecule has 63 heavy (non-hydrogen) atoms. The van der Waals surface area contributed by atoms with E-state index in [0.717, 1.165) is 34.4 Å². The zero-order chi connectivity index (χ0) is 41.2. The van der Waals surface area contributed by atoms with Crippen LogP contribution in [0.3, 0.4) is 0 Å². The lowest BCUT2D eigenvalue weighted by Crippen LogP contribution is -2.25. The van der Waals surface area contributed by atoms with Crippen molar-refractivity contribution in [1.29, 1.82) is 0 Å². The monoisotopic (exact) mass is 800 g/mol. The fourth-order valence-corrected chi connectivity index (χ4v) is 11.2. The van der Waals surface area contributed by atoms with Gasteiger partial charge in [0.1, 0.15) is 0 Å². The SMILES string of the molecule is c1ccc(-c2nc(-c3ccccc3)nc(-c3cccc(-c4cc5c6c(c4)c4cc7c(cc4n6Cc4ccccc4-5)C4(c5ccccc5-c5ccccc54)c4ccccc4-7)c3)n2)cc1. The van der Waals surface area contributed by atoms with Crippen LogP contribution in [0.4, 0.5) is 0 Å². The van der Waals surface area contributed by atoms with Crippen molar-refractivity contribution in [3.05, 3.63) is 234 Å². The molecule has 2 aliphatic carbocycles. The molecule has 14 rings (SSSR count). The van der Waals surface area contributed by atoms with E-state index < -0.39 is 5.41 Å². The molecule has 0 unspecified atom stereocenters. The van der Waals surface area contributed by atoms with E-state index in [-0.39, 0.29) is 0 Å². The van der Waals surface area contributed by atoms with Gasteiger partial charge in [0.2, 0.25) is 0 Å². The van der Waals surface area contributed by atoms with Crippen LogP contribution in [0.15, 0.2) is 206 Å². The van der Waals surface area contributed by atoms with Gasteiger partial charge in [-0.1, -0.05) is 176 Å². The first kappa shape index (κ1) is 34.5. The maximum absolute atomic E-state index is 5.09. The molecule has 9 aromatic carbocycles. The van der Waals surface area contributed by atoms with Crippen LogP contribution >= 0.6 is 0 Å². The Kier molecular flexibility index (Phi) is 7.06. The Morgan fingerprint density at radius 2 is 0.841 bits per heavy atom. The molecule has 0 fully saturated rings. The molecule has 4 heteroatoms. The molecular weight excluding hydrogens is 765 g/mol. The van der Waals surface area contributed by atoms with Crippen molar-refractivity contribution in [3.8, 4) is 78.7 Å². The summed E-state index contributed by atoms with van der Waals surface area (Å²) in [5.41, 5.74) is 21.9. The van der Waals surface area contributed by atoms with Crippen molar-refractivity contribution < 1.29 is 0 Å². The van der Waals surface area contributed by atoms with Crippen molar-refractivity contribution >= 4 is 21.8 Å². The van der Waals surface area contributed by atoms with Crippen LogP contribution in [0.1, 0.15) is 27.8 Å². The topological polar surface area (TPSA) is 43.6 Å². The molecule has 2 aromatic heterocycles. The van der Waals surface area contributed by atoms with Crippen LogP contribution in [0, 0.1) is 0 Å². The Balaban J connectivity index is 1.01. The molecule has 0 atom stereocenters. The summed E-state index contributed by atoms with van der Waals surface area (Å²) in [6.07, 6.45) is 0. The predicted molar refractivity (Wildman–Crippen MR) is 255 cm³/mol. The van der Waals surface area contributed by atoms with Gasteiger partial charge < -0.3 is 4.57 Å². The number of fused-ring (bicyclic) bond motifs is 15. The Morgan fingerprint density at radius 3 is 1.48 bits per heavy atom. The summed E-state index contributed by atoms with van der Waals surface area (Å²) in [7, 11) is 0. The summed E-state index contributed by atoms with van der Waals surface area (Å²) in [4.78, 5) is 15.1. The molecule has 3 heterocycles. The van der Waals surface area contributed by atoms with E-state index >= 15 is 0 Å². The van der Waals surface area contributed by atoms with Gasteiger partial charge in [0, 0.05) is 45.1 Å². The Morgan fingerprint density at radius 1 is 0.333 bits per heavy atom. The van der Waals surface area contributed by atoms with Gasteiger partial charge in [0.25, 0.3) is 0 Å². The minimum Gasteiger partial charge on any atom is -0.335 e. The quantitative estimate of drug-likeness (QED) is 0.178. The van der Waals surface area contributed by atoms with E-state index in [1.165, 1.54) is 83.0 Å². The second-order valence-corrected chi connectivity index (χ2v) is 17.1. The molecule has 0 saturated heterocycles. The molecule has 0 bridgehead atoms. The maximum atomic E-state index is 5.09. The van der Waals surface area contributed by atoms with Gasteiger partial charge in [-0.15, -0.1) is 0 Å². The van der Waals surface area contributed by atoms with Gasteiger partial charge in [0.05, 0.1) is 10.9 Å². The molecule has 1 aliphatic heterocycles. The van der Waals surface area contributed by atoms with Gasteiger partial charge in [-0.2, -0.15) is 0 Å². The molecule has 4 nitrogen and oxygen atoms in total. The Labute approximate surface area is 364 Å². The normalized spacial score (nSPS) is 13.5. The highest BCUT2D eigenvalue weighted by molar-refractivity contribution is 6.17. The summed E-state index contributed by atoms with van der Waals surface area (Å²) in [5.74, 6) is 1.95. The van der Waals surface area contributed by atoms with Crippen molar-refractivity contribution in [2.24, 2.45) is 0 Å². The molecule has 292 valence electrons. The smallest absolute Gasteiger partial charge is 0.164 e. The first-order valence-electron chi connectivity index (χ1n) is 21.7. The molecule has 11 aromatic rings. The third-order valence-electron chi connectivity index (χ3n) is 13.9. The largest absolute Gasteiger partial charge is 0.335 e. The van der Waals surface area contributed by atoms with E-state index in [9.17, 15) is 0 Å². The summed E-state index contributed by atoms with van der Waals surface area (Å²) >= 11 is 0. The molecular formula is C59H36N4. The van der Waals surface area contributed by atoms with Crippen LogP contribution in [0.5, 0.6) is 0 Å². The van der Waals surface area contributed by atoms with Gasteiger partial charge in [-0.25, -0.2) is 15.0 Å². The molecule has 0 radical (unpaired) electrons. The van der Waals surface area contributed by atoms with Crippen molar-refractivity contribution in [2.75, 3.05) is 0 Å². The number of benzene rings is 9. The predicted octanol–water partition coefficient (Wildman–Crippen LogP) is 14.0. The highest BCUT2D eigenvalue weighted by atomic mass is 15.0. The third-order valence-corrected chi connectivity index (χ3v) is 13.9. The number of nitrogens with zero attached hydrogens (tertiary/aromatic N) is 4. The molecule has 3 aliphatic rings. The van der Waals surface area contributed by atoms with Crippen LogP contribution < -0.4 is 0 Å². The summed E-state index contributed by atoms with van der Waals surface area (Å²) < 4.78 is 2.59. The number of rotatable bonds is 4. The second-order valence-electron chi connectivity index (χ2n) is 17.1. The summed E-state index contributed by atoms with van der Waals surface area (Å²) in [6, 6.07) is 75.2. The minimum absolute atomic E-state index is 0.402. The maximum Gasteiger partial charge on any atom is 0.164 e. The first-order valence-corrected chi connectivity index (χ1v) is 21.7. The summed E-state index contributed by atoms with van der Waals surface area (Å²) in [5, 5.41) is 2.54. The number of aromatic nitrogens is 4. The van der Waals surface area contributed by atoms with Crippen LogP contribution in [0.25, 0.3) is 100 Å². The van der Waals surface area contributed by atoms with Gasteiger partial charge >= 0.3 is 0 Å². The average molecular weight is 801 g/mol. The highest BCUT2D eigenvalue weighted by Gasteiger charge is 2.51. The van der Waals surface area contributed by atoms with Crippen LogP contribution in [0.2, 0.25) is 0 Å². The van der Waals surface area contributed by atoms with E-state index in [1.54, 1.807) is 0 Å². The lowest BCUT2D eigenvalue weighted by atomic mass is 9.70. The van der Waals surface area contributed by atoms with E-state index in [2.05, 4.69) is 174 Å². The zero-order valence-corrected chi connectivity index (χ0v) is 34.1. The van der Waals surface area contributed by atoms with Crippen LogP contribution in [-0.2, 0) is 12.0 Å². The molecule has 0 N–H and O–H groups in total. The summed E-state index contributed by atoms with van der Waals surface area (Å²) in [6.45, 7) is 0.816. The van der Waals surface area contributed by atoms with Crippen molar-refractivity contribution in [1.82, 2.24) is 19.5 Å². The fourth-order valence-electron chi connectivity index (χ4n) is 11.2. The fraction of sp³-hybridized carbons (Fsp3) is 0.0339. The molecule has 0 saturated carbocycles. The lowest BCUT2D eigenvalue weighted by molar-refractivity contribution is 0.792. The van der Waals surface area contributed by atoms with E-state index in [4.69, 9.17) is 15.0 Å². The first-order chi connectivity index (χ1) is 31.2. The van der Waals surface area contributed by atoms with Crippen molar-refractivity contribution in [3.63, 3.8) is 0 Å². The lowest BCUT2D eigenvalue weighted by Gasteiger charge is -2.30. The van der Waals surface area contributed by atoms with Gasteiger partial charge in [-0.3, -0.25) is 0 Å². The molecule has 1 spiro atoms. The third kappa shape index (κ3) is 4.78. The average Bonchev–Trinajstić information content (AvgIpc) is 3.95. The van der Waals surface area contributed by atoms with Crippen LogP contribution in [-0.4, -0.2) is 19.5 Å². The van der Waals surface area contributed by atoms with E-state index in [0.29, 0.717) is 17.5 Å². The zero-order valence-electron chi connectivity index (χ0n) is 34.1. The van der Waals surface area contributed by atoms with Gasteiger partial charge in [0.15, 0.2) is 17.5 Å². The number of hydrogen-bond donors (Lipinski definition) is 0. The minimum atomic E-state index is -0.402. The van der Waals surface area contributed by atoms with E-state index in [1.807, 2.05) is 36.4 Å². The highest BCUT2D eigenvalue weighted by Crippen LogP contribution is 2.63. The standard InChI is InChI=1S/C59H36N4/c1-3-16-36(17-4-1)56-60-57(37-18-5-2-6-19-37)62-58(61-56)39-22-15-21-38(30-39)41-31-48-42-23-8-7-20-40(42)35-63-54-34-53-46(33-47(54)49(32-41)55(48)63)45-26-11-14-29-52(45)59(53)50-27-12-9-24-43(50)44-25-10-13-28-51(44)59/h1-34H,35H2. The Bertz CT molecular complexity index is 3610.